The first-order valence-electron chi connectivity index (χ1n) is 6.12. The van der Waals surface area contributed by atoms with Crippen molar-refractivity contribution < 1.29 is 19.4 Å². The van der Waals surface area contributed by atoms with Crippen LogP contribution in [0.25, 0.3) is 0 Å². The summed E-state index contributed by atoms with van der Waals surface area (Å²) in [5.41, 5.74) is 0.0322. The minimum atomic E-state index is -1.20. The SMILES string of the molecule is O=C(O)C1CC=CCC1C(O)c1cc(Cl)c(Br)cc1F. The number of hydrogen-bond acceptors (Lipinski definition) is 2. The van der Waals surface area contributed by atoms with Crippen molar-refractivity contribution in [3.8, 4) is 0 Å². The Morgan fingerprint density at radius 1 is 1.40 bits per heavy atom. The lowest BCUT2D eigenvalue weighted by Crippen LogP contribution is -2.30. The van der Waals surface area contributed by atoms with Crippen LogP contribution < -0.4 is 0 Å². The maximum atomic E-state index is 13.9. The van der Waals surface area contributed by atoms with Gasteiger partial charge >= 0.3 is 5.97 Å². The standard InChI is InChI=1S/C14H13BrClFO3/c15-10-6-12(17)9(5-11(10)16)13(18)7-3-1-2-4-8(7)14(19)20/h1-2,5-8,13,18H,3-4H2,(H,19,20). The van der Waals surface area contributed by atoms with Crippen molar-refractivity contribution in [3.05, 3.63) is 45.2 Å². The predicted octanol–water partition coefficient (Wildman–Crippen LogP) is 3.94. The largest absolute Gasteiger partial charge is 0.481 e. The molecule has 3 atom stereocenters. The van der Waals surface area contributed by atoms with Gasteiger partial charge in [0.2, 0.25) is 0 Å². The maximum Gasteiger partial charge on any atom is 0.307 e. The maximum absolute atomic E-state index is 13.9. The molecule has 0 amide bonds. The molecule has 0 aliphatic heterocycles. The van der Waals surface area contributed by atoms with Gasteiger partial charge in [0.05, 0.1) is 17.0 Å². The molecule has 1 aliphatic rings. The molecule has 0 fully saturated rings. The Labute approximate surface area is 129 Å². The Morgan fingerprint density at radius 3 is 2.70 bits per heavy atom. The van der Waals surface area contributed by atoms with Gasteiger partial charge in [0, 0.05) is 16.0 Å². The van der Waals surface area contributed by atoms with Gasteiger partial charge in [-0.3, -0.25) is 4.79 Å². The molecule has 1 aliphatic carbocycles. The van der Waals surface area contributed by atoms with E-state index < -0.39 is 29.7 Å². The van der Waals surface area contributed by atoms with Crippen molar-refractivity contribution in [3.63, 3.8) is 0 Å². The van der Waals surface area contributed by atoms with E-state index in [0.717, 1.165) is 0 Å². The predicted molar refractivity (Wildman–Crippen MR) is 77.1 cm³/mol. The Hall–Kier alpha value is -0.910. The molecule has 2 N–H and O–H groups in total. The second-order valence-electron chi connectivity index (χ2n) is 4.78. The van der Waals surface area contributed by atoms with Crippen molar-refractivity contribution in [2.75, 3.05) is 0 Å². The van der Waals surface area contributed by atoms with Gasteiger partial charge < -0.3 is 10.2 Å². The summed E-state index contributed by atoms with van der Waals surface area (Å²) in [4.78, 5) is 11.2. The number of carboxylic acid groups (broad SMARTS) is 1. The molecule has 2 rings (SSSR count). The van der Waals surface area contributed by atoms with Crippen LogP contribution in [-0.2, 0) is 4.79 Å². The number of allylic oxidation sites excluding steroid dienone is 2. The van der Waals surface area contributed by atoms with E-state index >= 15 is 0 Å². The van der Waals surface area contributed by atoms with Crippen LogP contribution in [0.5, 0.6) is 0 Å². The van der Waals surface area contributed by atoms with Gasteiger partial charge in [-0.05, 0) is 40.9 Å². The molecule has 0 aromatic heterocycles. The second kappa shape index (κ2) is 6.24. The van der Waals surface area contributed by atoms with E-state index in [0.29, 0.717) is 17.3 Å². The number of aliphatic carboxylic acids is 1. The molecule has 0 spiro atoms. The van der Waals surface area contributed by atoms with Crippen molar-refractivity contribution in [1.82, 2.24) is 0 Å². The van der Waals surface area contributed by atoms with E-state index in [1.807, 2.05) is 6.08 Å². The molecule has 0 heterocycles. The fraction of sp³-hybridized carbons (Fsp3) is 0.357. The quantitative estimate of drug-likeness (QED) is 0.632. The third-order valence-electron chi connectivity index (χ3n) is 3.56. The number of carboxylic acids is 1. The summed E-state index contributed by atoms with van der Waals surface area (Å²) >= 11 is 9.01. The van der Waals surface area contributed by atoms with E-state index in [4.69, 9.17) is 11.6 Å². The minimum absolute atomic E-state index is 0.0322. The number of benzene rings is 1. The first-order valence-corrected chi connectivity index (χ1v) is 7.29. The second-order valence-corrected chi connectivity index (χ2v) is 6.05. The molecule has 6 heteroatoms. The number of aliphatic hydroxyl groups is 1. The Bertz CT molecular complexity index is 562. The van der Waals surface area contributed by atoms with Crippen LogP contribution in [0.4, 0.5) is 4.39 Å². The highest BCUT2D eigenvalue weighted by molar-refractivity contribution is 9.10. The van der Waals surface area contributed by atoms with Crippen LogP contribution in [0.3, 0.4) is 0 Å². The molecular weight excluding hydrogens is 351 g/mol. The summed E-state index contributed by atoms with van der Waals surface area (Å²) < 4.78 is 14.3. The van der Waals surface area contributed by atoms with E-state index in [1.165, 1.54) is 12.1 Å². The molecule has 0 saturated carbocycles. The van der Waals surface area contributed by atoms with Gasteiger partial charge in [0.1, 0.15) is 5.82 Å². The molecule has 20 heavy (non-hydrogen) atoms. The molecule has 1 aromatic carbocycles. The summed E-state index contributed by atoms with van der Waals surface area (Å²) in [5, 5.41) is 19.8. The summed E-state index contributed by atoms with van der Waals surface area (Å²) in [6.45, 7) is 0. The monoisotopic (exact) mass is 362 g/mol. The lowest BCUT2D eigenvalue weighted by molar-refractivity contribution is -0.145. The van der Waals surface area contributed by atoms with Crippen molar-refractivity contribution >= 4 is 33.5 Å². The van der Waals surface area contributed by atoms with E-state index in [1.54, 1.807) is 6.08 Å². The highest BCUT2D eigenvalue weighted by atomic mass is 79.9. The van der Waals surface area contributed by atoms with Crippen LogP contribution in [0.1, 0.15) is 24.5 Å². The van der Waals surface area contributed by atoms with Crippen LogP contribution >= 0.6 is 27.5 Å². The molecule has 108 valence electrons. The summed E-state index contributed by atoms with van der Waals surface area (Å²) in [6, 6.07) is 2.51. The molecule has 1 aromatic rings. The first-order chi connectivity index (χ1) is 9.41. The highest BCUT2D eigenvalue weighted by Crippen LogP contribution is 2.39. The minimum Gasteiger partial charge on any atom is -0.481 e. The van der Waals surface area contributed by atoms with Crippen molar-refractivity contribution in [2.45, 2.75) is 18.9 Å². The third kappa shape index (κ3) is 3.05. The molecule has 3 nitrogen and oxygen atoms in total. The smallest absolute Gasteiger partial charge is 0.307 e. The van der Waals surface area contributed by atoms with Crippen LogP contribution in [0, 0.1) is 17.7 Å². The first kappa shape index (κ1) is 15.5. The molecule has 0 radical (unpaired) electrons. The fourth-order valence-electron chi connectivity index (χ4n) is 2.46. The number of rotatable bonds is 3. The van der Waals surface area contributed by atoms with E-state index in [2.05, 4.69) is 15.9 Å². The van der Waals surface area contributed by atoms with Gasteiger partial charge in [-0.15, -0.1) is 0 Å². The number of aliphatic hydroxyl groups excluding tert-OH is 1. The number of halogens is 3. The Morgan fingerprint density at radius 2 is 2.05 bits per heavy atom. The van der Waals surface area contributed by atoms with Crippen LogP contribution in [0.2, 0.25) is 5.02 Å². The summed E-state index contributed by atoms with van der Waals surface area (Å²) in [6.07, 6.45) is 3.11. The van der Waals surface area contributed by atoms with Gasteiger partial charge in [0.25, 0.3) is 0 Å². The van der Waals surface area contributed by atoms with Gasteiger partial charge in [-0.1, -0.05) is 23.8 Å². The lowest BCUT2D eigenvalue weighted by atomic mass is 9.77. The van der Waals surface area contributed by atoms with Crippen LogP contribution in [0.15, 0.2) is 28.8 Å². The summed E-state index contributed by atoms with van der Waals surface area (Å²) in [5.74, 6) is -2.88. The summed E-state index contributed by atoms with van der Waals surface area (Å²) in [7, 11) is 0. The fourth-order valence-corrected chi connectivity index (χ4v) is 2.95. The average Bonchev–Trinajstić information content (AvgIpc) is 2.42. The average molecular weight is 364 g/mol. The Kier molecular flexibility index (Phi) is 4.83. The van der Waals surface area contributed by atoms with Crippen molar-refractivity contribution in [2.24, 2.45) is 11.8 Å². The van der Waals surface area contributed by atoms with Gasteiger partial charge in [0.15, 0.2) is 0 Å². The number of hydrogen-bond donors (Lipinski definition) is 2. The molecule has 0 bridgehead atoms. The lowest BCUT2D eigenvalue weighted by Gasteiger charge is -2.30. The normalized spacial score (nSPS) is 23.6. The highest BCUT2D eigenvalue weighted by Gasteiger charge is 2.35. The molecule has 3 unspecified atom stereocenters. The zero-order chi connectivity index (χ0) is 14.9. The van der Waals surface area contributed by atoms with Crippen molar-refractivity contribution in [1.29, 1.82) is 0 Å². The van der Waals surface area contributed by atoms with E-state index in [-0.39, 0.29) is 10.6 Å². The van der Waals surface area contributed by atoms with Gasteiger partial charge in [-0.25, -0.2) is 4.39 Å². The third-order valence-corrected chi connectivity index (χ3v) is 4.76. The molecular formula is C14H13BrClFO3. The Balaban J connectivity index is 2.35. The van der Waals surface area contributed by atoms with Gasteiger partial charge in [-0.2, -0.15) is 0 Å². The molecule has 0 saturated heterocycles. The zero-order valence-electron chi connectivity index (χ0n) is 10.4. The number of carbonyl (C=O) groups is 1. The van der Waals surface area contributed by atoms with E-state index in [9.17, 15) is 19.4 Å². The zero-order valence-corrected chi connectivity index (χ0v) is 12.7. The van der Waals surface area contributed by atoms with Crippen LogP contribution in [-0.4, -0.2) is 16.2 Å². The topological polar surface area (TPSA) is 57.5 Å².